The molecule has 6 heteroatoms. The zero-order valence-corrected chi connectivity index (χ0v) is 12.6. The van der Waals surface area contributed by atoms with Gasteiger partial charge in [-0.1, -0.05) is 6.07 Å². The first kappa shape index (κ1) is 15.0. The fourth-order valence-corrected chi connectivity index (χ4v) is 2.14. The molecule has 0 fully saturated rings. The Morgan fingerprint density at radius 1 is 1.33 bits per heavy atom. The summed E-state index contributed by atoms with van der Waals surface area (Å²) in [6.45, 7) is 6.97. The number of rotatable bonds is 3. The third-order valence-corrected chi connectivity index (χ3v) is 3.26. The zero-order valence-electron chi connectivity index (χ0n) is 12.6. The molecular formula is C15H19N3O3. The van der Waals surface area contributed by atoms with Crippen molar-refractivity contribution < 1.29 is 14.7 Å². The molecule has 0 aromatic carbocycles. The lowest BCUT2D eigenvalue weighted by molar-refractivity contribution is -0.138. The minimum Gasteiger partial charge on any atom is -0.480 e. The van der Waals surface area contributed by atoms with Crippen molar-refractivity contribution >= 4 is 17.5 Å². The Hall–Kier alpha value is -2.37. The molecule has 0 aliphatic rings. The van der Waals surface area contributed by atoms with Gasteiger partial charge in [0.2, 0.25) is 0 Å². The molecule has 0 atom stereocenters. The van der Waals surface area contributed by atoms with Gasteiger partial charge in [-0.25, -0.2) is 4.98 Å². The summed E-state index contributed by atoms with van der Waals surface area (Å²) in [5.74, 6) is -1.42. The van der Waals surface area contributed by atoms with Gasteiger partial charge in [0.15, 0.2) is 0 Å². The first-order valence-electron chi connectivity index (χ1n) is 6.68. The molecule has 0 saturated carbocycles. The van der Waals surface area contributed by atoms with E-state index in [4.69, 9.17) is 5.11 Å². The van der Waals surface area contributed by atoms with Crippen molar-refractivity contribution in [1.29, 1.82) is 0 Å². The Morgan fingerprint density at radius 2 is 2.00 bits per heavy atom. The minimum absolute atomic E-state index is 0.250. The molecule has 2 rings (SSSR count). The van der Waals surface area contributed by atoms with E-state index in [1.54, 1.807) is 27.0 Å². The van der Waals surface area contributed by atoms with Crippen LogP contribution in [0, 0.1) is 6.92 Å². The SMILES string of the molecule is Cc1cccc2nc(C(=O)N(CC(=O)O)C(C)(C)C)cn12. The molecule has 0 unspecified atom stereocenters. The summed E-state index contributed by atoms with van der Waals surface area (Å²) in [5, 5.41) is 9.01. The summed E-state index contributed by atoms with van der Waals surface area (Å²) >= 11 is 0. The molecule has 0 bridgehead atoms. The molecule has 2 heterocycles. The van der Waals surface area contributed by atoms with Crippen LogP contribution in [-0.4, -0.2) is 43.4 Å². The molecule has 0 aliphatic heterocycles. The highest BCUT2D eigenvalue weighted by molar-refractivity contribution is 5.95. The molecule has 2 aromatic rings. The normalized spacial score (nSPS) is 11.6. The number of nitrogens with zero attached hydrogens (tertiary/aromatic N) is 3. The first-order chi connectivity index (χ1) is 9.70. The standard InChI is InChI=1S/C15H19N3O3/c1-10-6-5-7-12-16-11(8-17(10)12)14(21)18(9-13(19)20)15(2,3)4/h5-8H,9H2,1-4H3,(H,19,20). The van der Waals surface area contributed by atoms with Crippen molar-refractivity contribution in [2.75, 3.05) is 6.54 Å². The van der Waals surface area contributed by atoms with Gasteiger partial charge in [0.25, 0.3) is 5.91 Å². The molecule has 0 aliphatic carbocycles. The van der Waals surface area contributed by atoms with Gasteiger partial charge in [-0.05, 0) is 39.8 Å². The highest BCUT2D eigenvalue weighted by Gasteiger charge is 2.30. The number of carboxylic acids is 1. The number of hydrogen-bond donors (Lipinski definition) is 1. The van der Waals surface area contributed by atoms with E-state index in [-0.39, 0.29) is 18.1 Å². The number of imidazole rings is 1. The van der Waals surface area contributed by atoms with Crippen LogP contribution in [0.15, 0.2) is 24.4 Å². The van der Waals surface area contributed by atoms with Crippen LogP contribution >= 0.6 is 0 Å². The van der Waals surface area contributed by atoms with Gasteiger partial charge in [-0.15, -0.1) is 0 Å². The van der Waals surface area contributed by atoms with Crippen LogP contribution in [0.5, 0.6) is 0 Å². The number of hydrogen-bond acceptors (Lipinski definition) is 3. The summed E-state index contributed by atoms with van der Waals surface area (Å²) in [5.41, 5.74) is 1.28. The highest BCUT2D eigenvalue weighted by atomic mass is 16.4. The quantitative estimate of drug-likeness (QED) is 0.937. The third-order valence-electron chi connectivity index (χ3n) is 3.26. The molecule has 6 nitrogen and oxygen atoms in total. The molecule has 1 N–H and O–H groups in total. The molecule has 0 saturated heterocycles. The summed E-state index contributed by atoms with van der Waals surface area (Å²) < 4.78 is 1.81. The topological polar surface area (TPSA) is 74.9 Å². The van der Waals surface area contributed by atoms with Gasteiger partial charge in [0.05, 0.1) is 0 Å². The predicted octanol–water partition coefficient (Wildman–Crippen LogP) is 1.97. The van der Waals surface area contributed by atoms with Crippen LogP contribution in [0.3, 0.4) is 0 Å². The van der Waals surface area contributed by atoms with Gasteiger partial charge >= 0.3 is 5.97 Å². The van der Waals surface area contributed by atoms with Crippen LogP contribution < -0.4 is 0 Å². The Bertz CT molecular complexity index is 698. The summed E-state index contributed by atoms with van der Waals surface area (Å²) in [4.78, 5) is 29.2. The number of aryl methyl sites for hydroxylation is 1. The number of aromatic nitrogens is 2. The number of carbonyl (C=O) groups is 2. The zero-order chi connectivity index (χ0) is 15.8. The van der Waals surface area contributed by atoms with E-state index in [2.05, 4.69) is 4.98 Å². The van der Waals surface area contributed by atoms with Gasteiger partial charge in [0, 0.05) is 17.4 Å². The Labute approximate surface area is 123 Å². The highest BCUT2D eigenvalue weighted by Crippen LogP contribution is 2.18. The van der Waals surface area contributed by atoms with E-state index in [0.717, 1.165) is 5.69 Å². The average molecular weight is 289 g/mol. The van der Waals surface area contributed by atoms with Crippen LogP contribution in [-0.2, 0) is 4.79 Å². The Kier molecular flexibility index (Phi) is 3.72. The molecule has 21 heavy (non-hydrogen) atoms. The second-order valence-electron chi connectivity index (χ2n) is 5.98. The van der Waals surface area contributed by atoms with Crippen LogP contribution in [0.4, 0.5) is 0 Å². The van der Waals surface area contributed by atoms with E-state index < -0.39 is 11.5 Å². The first-order valence-corrected chi connectivity index (χ1v) is 6.68. The summed E-state index contributed by atoms with van der Waals surface area (Å²) in [6.07, 6.45) is 1.65. The van der Waals surface area contributed by atoms with E-state index in [1.165, 1.54) is 4.90 Å². The Balaban J connectivity index is 2.43. The fraction of sp³-hybridized carbons (Fsp3) is 0.400. The maximum atomic E-state index is 12.6. The number of carbonyl (C=O) groups excluding carboxylic acids is 1. The summed E-state index contributed by atoms with van der Waals surface area (Å²) in [6, 6.07) is 5.59. The largest absolute Gasteiger partial charge is 0.480 e. The van der Waals surface area contributed by atoms with Crippen molar-refractivity contribution in [3.8, 4) is 0 Å². The second-order valence-corrected chi connectivity index (χ2v) is 5.98. The number of fused-ring (bicyclic) bond motifs is 1. The fourth-order valence-electron chi connectivity index (χ4n) is 2.14. The van der Waals surface area contributed by atoms with Crippen LogP contribution in [0.25, 0.3) is 5.65 Å². The second kappa shape index (κ2) is 5.20. The van der Waals surface area contributed by atoms with Crippen LogP contribution in [0.2, 0.25) is 0 Å². The minimum atomic E-state index is -1.04. The van der Waals surface area contributed by atoms with Crippen molar-refractivity contribution in [2.45, 2.75) is 33.2 Å². The maximum Gasteiger partial charge on any atom is 0.323 e. The van der Waals surface area contributed by atoms with E-state index in [9.17, 15) is 9.59 Å². The average Bonchev–Trinajstić information content (AvgIpc) is 2.79. The van der Waals surface area contributed by atoms with Crippen molar-refractivity contribution in [2.24, 2.45) is 0 Å². The van der Waals surface area contributed by atoms with Gasteiger partial charge in [0.1, 0.15) is 17.9 Å². The molecule has 0 spiro atoms. The molecule has 0 radical (unpaired) electrons. The monoisotopic (exact) mass is 289 g/mol. The lowest BCUT2D eigenvalue weighted by atomic mass is 10.1. The predicted molar refractivity (Wildman–Crippen MR) is 78.4 cm³/mol. The summed E-state index contributed by atoms with van der Waals surface area (Å²) in [7, 11) is 0. The van der Waals surface area contributed by atoms with Crippen molar-refractivity contribution in [3.63, 3.8) is 0 Å². The van der Waals surface area contributed by atoms with Gasteiger partial charge in [-0.2, -0.15) is 0 Å². The van der Waals surface area contributed by atoms with Gasteiger partial charge < -0.3 is 14.4 Å². The number of carboxylic acid groups (broad SMARTS) is 1. The lowest BCUT2D eigenvalue weighted by Gasteiger charge is -2.33. The number of amides is 1. The van der Waals surface area contributed by atoms with E-state index >= 15 is 0 Å². The molecule has 112 valence electrons. The number of aliphatic carboxylic acids is 1. The van der Waals surface area contributed by atoms with Crippen molar-refractivity contribution in [3.05, 3.63) is 35.8 Å². The lowest BCUT2D eigenvalue weighted by Crippen LogP contribution is -2.48. The van der Waals surface area contributed by atoms with Crippen molar-refractivity contribution in [1.82, 2.24) is 14.3 Å². The van der Waals surface area contributed by atoms with Crippen LogP contribution in [0.1, 0.15) is 37.0 Å². The molecule has 2 aromatic heterocycles. The molecule has 1 amide bonds. The van der Waals surface area contributed by atoms with E-state index in [0.29, 0.717) is 5.65 Å². The third kappa shape index (κ3) is 3.04. The maximum absolute atomic E-state index is 12.6. The van der Waals surface area contributed by atoms with E-state index in [1.807, 2.05) is 29.5 Å². The Morgan fingerprint density at radius 3 is 2.52 bits per heavy atom. The molecular weight excluding hydrogens is 270 g/mol. The van der Waals surface area contributed by atoms with Gasteiger partial charge in [-0.3, -0.25) is 9.59 Å². The number of pyridine rings is 1. The smallest absolute Gasteiger partial charge is 0.323 e.